The number of halogens is 3. The average molecular weight is 341 g/mol. The molecule has 0 aliphatic heterocycles. The Bertz CT molecular complexity index is 690. The zero-order chi connectivity index (χ0) is 17.6. The molecule has 2 amide bonds. The minimum atomic E-state index is -4.75. The van der Waals surface area contributed by atoms with Crippen molar-refractivity contribution >= 4 is 17.4 Å². The minimum absolute atomic E-state index is 0.353. The van der Waals surface area contributed by atoms with Crippen molar-refractivity contribution in [1.29, 1.82) is 0 Å². The van der Waals surface area contributed by atoms with Gasteiger partial charge in [0.15, 0.2) is 0 Å². The fourth-order valence-electron chi connectivity index (χ4n) is 1.73. The monoisotopic (exact) mass is 341 g/mol. The first-order valence-corrected chi connectivity index (χ1v) is 6.68. The topological polar surface area (TPSA) is 71.6 Å². The van der Waals surface area contributed by atoms with Gasteiger partial charge in [0.25, 0.3) is 0 Å². The number of hydrogen-bond acceptors (Lipinski definition) is 4. The SMILES string of the molecule is COc1cccc(NC(=O)NNc2ccc(OC(F)(F)F)cc2)c1. The molecule has 0 aromatic heterocycles. The van der Waals surface area contributed by atoms with E-state index in [2.05, 4.69) is 20.9 Å². The highest BCUT2D eigenvalue weighted by molar-refractivity contribution is 5.90. The quantitative estimate of drug-likeness (QED) is 0.725. The zero-order valence-electron chi connectivity index (χ0n) is 12.5. The summed E-state index contributed by atoms with van der Waals surface area (Å²) in [7, 11) is 1.51. The number of anilines is 2. The van der Waals surface area contributed by atoms with Gasteiger partial charge in [-0.2, -0.15) is 0 Å². The third-order valence-corrected chi connectivity index (χ3v) is 2.74. The van der Waals surface area contributed by atoms with Crippen LogP contribution in [-0.2, 0) is 0 Å². The molecule has 0 bridgehead atoms. The highest BCUT2D eigenvalue weighted by atomic mass is 19.4. The van der Waals surface area contributed by atoms with Gasteiger partial charge < -0.3 is 14.8 Å². The van der Waals surface area contributed by atoms with Gasteiger partial charge in [-0.1, -0.05) is 6.07 Å². The van der Waals surface area contributed by atoms with Gasteiger partial charge in [0.2, 0.25) is 0 Å². The van der Waals surface area contributed by atoms with Crippen molar-refractivity contribution in [3.63, 3.8) is 0 Å². The Labute approximate surface area is 135 Å². The predicted octanol–water partition coefficient (Wildman–Crippen LogP) is 3.74. The molecule has 0 saturated carbocycles. The third kappa shape index (κ3) is 5.59. The summed E-state index contributed by atoms with van der Waals surface area (Å²) in [4.78, 5) is 11.7. The maximum atomic E-state index is 12.0. The molecule has 2 aromatic carbocycles. The Kier molecular flexibility index (Phi) is 5.35. The number of carbonyl (C=O) groups is 1. The van der Waals surface area contributed by atoms with Crippen LogP contribution in [0.4, 0.5) is 29.3 Å². The van der Waals surface area contributed by atoms with Gasteiger partial charge in [0.05, 0.1) is 12.8 Å². The Morgan fingerprint density at radius 2 is 1.71 bits per heavy atom. The van der Waals surface area contributed by atoms with Crippen molar-refractivity contribution in [1.82, 2.24) is 5.43 Å². The maximum Gasteiger partial charge on any atom is 0.573 e. The van der Waals surface area contributed by atoms with E-state index in [1.807, 2.05) is 0 Å². The second-order valence-corrected chi connectivity index (χ2v) is 4.51. The smallest absolute Gasteiger partial charge is 0.497 e. The van der Waals surface area contributed by atoms with E-state index in [-0.39, 0.29) is 5.75 Å². The fourth-order valence-corrected chi connectivity index (χ4v) is 1.73. The van der Waals surface area contributed by atoms with Crippen LogP contribution in [-0.4, -0.2) is 19.5 Å². The number of hydrogen-bond donors (Lipinski definition) is 3. The van der Waals surface area contributed by atoms with Gasteiger partial charge in [-0.15, -0.1) is 13.2 Å². The molecule has 3 N–H and O–H groups in total. The predicted molar refractivity (Wildman–Crippen MR) is 81.9 cm³/mol. The Morgan fingerprint density at radius 1 is 1.00 bits per heavy atom. The summed E-state index contributed by atoms with van der Waals surface area (Å²) < 4.78 is 44.9. The molecule has 0 aliphatic rings. The molecular weight excluding hydrogens is 327 g/mol. The van der Waals surface area contributed by atoms with E-state index in [1.165, 1.54) is 19.2 Å². The molecule has 24 heavy (non-hydrogen) atoms. The maximum absolute atomic E-state index is 12.0. The zero-order valence-corrected chi connectivity index (χ0v) is 12.5. The lowest BCUT2D eigenvalue weighted by atomic mass is 10.3. The minimum Gasteiger partial charge on any atom is -0.497 e. The van der Waals surface area contributed by atoms with Crippen molar-refractivity contribution in [3.05, 3.63) is 48.5 Å². The molecule has 2 aromatic rings. The summed E-state index contributed by atoms with van der Waals surface area (Å²) in [5.74, 6) is 0.231. The van der Waals surface area contributed by atoms with Crippen LogP contribution >= 0.6 is 0 Å². The number of carbonyl (C=O) groups excluding carboxylic acids is 1. The first kappa shape index (κ1) is 17.3. The summed E-state index contributed by atoms with van der Waals surface area (Å²) in [5.41, 5.74) is 5.80. The molecule has 6 nitrogen and oxygen atoms in total. The van der Waals surface area contributed by atoms with Crippen LogP contribution < -0.4 is 25.6 Å². The number of rotatable bonds is 5. The number of benzene rings is 2. The van der Waals surface area contributed by atoms with Crippen molar-refractivity contribution in [2.75, 3.05) is 17.9 Å². The molecule has 128 valence electrons. The van der Waals surface area contributed by atoms with Crippen molar-refractivity contribution in [3.8, 4) is 11.5 Å². The largest absolute Gasteiger partial charge is 0.573 e. The van der Waals surface area contributed by atoms with E-state index in [4.69, 9.17) is 4.74 Å². The Morgan fingerprint density at radius 3 is 2.33 bits per heavy atom. The molecule has 0 saturated heterocycles. The molecular formula is C15H14F3N3O3. The van der Waals surface area contributed by atoms with Crippen LogP contribution in [0.3, 0.4) is 0 Å². The number of urea groups is 1. The molecule has 0 spiro atoms. The summed E-state index contributed by atoms with van der Waals surface area (Å²) >= 11 is 0. The lowest BCUT2D eigenvalue weighted by Gasteiger charge is -2.12. The second-order valence-electron chi connectivity index (χ2n) is 4.51. The summed E-state index contributed by atoms with van der Waals surface area (Å²) in [6, 6.07) is 11.1. The van der Waals surface area contributed by atoms with E-state index in [9.17, 15) is 18.0 Å². The number of methoxy groups -OCH3 is 1. The lowest BCUT2D eigenvalue weighted by molar-refractivity contribution is -0.274. The molecule has 0 atom stereocenters. The van der Waals surface area contributed by atoms with Crippen LogP contribution in [0.15, 0.2) is 48.5 Å². The molecule has 0 fully saturated rings. The molecule has 2 rings (SSSR count). The number of alkyl halides is 3. The van der Waals surface area contributed by atoms with Crippen LogP contribution in [0.25, 0.3) is 0 Å². The highest BCUT2D eigenvalue weighted by Gasteiger charge is 2.30. The van der Waals surface area contributed by atoms with E-state index >= 15 is 0 Å². The lowest BCUT2D eigenvalue weighted by Crippen LogP contribution is -2.33. The van der Waals surface area contributed by atoms with Gasteiger partial charge in [-0.3, -0.25) is 10.9 Å². The summed E-state index contributed by atoms with van der Waals surface area (Å²) in [6.45, 7) is 0. The summed E-state index contributed by atoms with van der Waals surface area (Å²) in [5, 5.41) is 2.56. The molecule has 9 heteroatoms. The number of nitrogens with one attached hydrogen (secondary N) is 3. The Balaban J connectivity index is 1.85. The molecule has 0 heterocycles. The molecule has 0 aliphatic carbocycles. The highest BCUT2D eigenvalue weighted by Crippen LogP contribution is 2.23. The standard InChI is InChI=1S/C15H14F3N3O3/c1-23-13-4-2-3-11(9-13)19-14(22)21-20-10-5-7-12(8-6-10)24-15(16,17)18/h2-9,20H,1H3,(H2,19,21,22). The van der Waals surface area contributed by atoms with Gasteiger partial charge in [-0.05, 0) is 36.4 Å². The van der Waals surface area contributed by atoms with E-state index in [1.54, 1.807) is 24.3 Å². The molecule has 0 radical (unpaired) electrons. The van der Waals surface area contributed by atoms with Gasteiger partial charge in [0.1, 0.15) is 11.5 Å². The number of hydrazine groups is 1. The first-order chi connectivity index (χ1) is 11.4. The van der Waals surface area contributed by atoms with Gasteiger partial charge in [0, 0.05) is 11.8 Å². The second kappa shape index (κ2) is 7.44. The van der Waals surface area contributed by atoms with E-state index in [0.29, 0.717) is 17.1 Å². The third-order valence-electron chi connectivity index (χ3n) is 2.74. The first-order valence-electron chi connectivity index (χ1n) is 6.68. The normalized spacial score (nSPS) is 10.7. The summed E-state index contributed by atoms with van der Waals surface area (Å²) in [6.07, 6.45) is -4.75. The van der Waals surface area contributed by atoms with Gasteiger partial charge in [-0.25, -0.2) is 4.79 Å². The van der Waals surface area contributed by atoms with Crippen molar-refractivity contribution in [2.45, 2.75) is 6.36 Å². The van der Waals surface area contributed by atoms with E-state index < -0.39 is 12.4 Å². The van der Waals surface area contributed by atoms with E-state index in [0.717, 1.165) is 12.1 Å². The van der Waals surface area contributed by atoms with Crippen molar-refractivity contribution in [2.24, 2.45) is 0 Å². The number of ether oxygens (including phenoxy) is 2. The molecule has 0 unspecified atom stereocenters. The Hall–Kier alpha value is -3.10. The fraction of sp³-hybridized carbons (Fsp3) is 0.133. The van der Waals surface area contributed by atoms with Crippen LogP contribution in [0.5, 0.6) is 11.5 Å². The number of amides is 2. The van der Waals surface area contributed by atoms with Crippen LogP contribution in [0.1, 0.15) is 0 Å². The van der Waals surface area contributed by atoms with Gasteiger partial charge >= 0.3 is 12.4 Å². The average Bonchev–Trinajstić information content (AvgIpc) is 2.53. The van der Waals surface area contributed by atoms with Crippen LogP contribution in [0.2, 0.25) is 0 Å². The van der Waals surface area contributed by atoms with Crippen LogP contribution in [0, 0.1) is 0 Å². The van der Waals surface area contributed by atoms with Crippen molar-refractivity contribution < 1.29 is 27.4 Å².